The fourth-order valence-corrected chi connectivity index (χ4v) is 4.74. The summed E-state index contributed by atoms with van der Waals surface area (Å²) in [5.74, 6) is -0.368. The van der Waals surface area contributed by atoms with Gasteiger partial charge >= 0.3 is 6.18 Å². The number of hydrogen-bond acceptors (Lipinski definition) is 4. The third-order valence-corrected chi connectivity index (χ3v) is 6.65. The summed E-state index contributed by atoms with van der Waals surface area (Å²) in [7, 11) is 0. The SMILES string of the molecule is C[C@H](NC(=O)C1(N2CC[C@@H](Oc3cccc(C(F)(F)F)c3)C2)CCOCC1)c1cccc(F)c1. The highest BCUT2D eigenvalue weighted by atomic mass is 19.4. The van der Waals surface area contributed by atoms with Gasteiger partial charge in [0.1, 0.15) is 23.2 Å². The fraction of sp³-hybridized carbons (Fsp3) is 0.480. The molecule has 0 radical (unpaired) electrons. The van der Waals surface area contributed by atoms with Crippen LogP contribution in [-0.2, 0) is 15.7 Å². The van der Waals surface area contributed by atoms with Gasteiger partial charge in [0, 0.05) is 26.3 Å². The van der Waals surface area contributed by atoms with Crippen molar-refractivity contribution >= 4 is 5.91 Å². The summed E-state index contributed by atoms with van der Waals surface area (Å²) in [5, 5.41) is 3.03. The van der Waals surface area contributed by atoms with E-state index in [0.29, 0.717) is 51.1 Å². The van der Waals surface area contributed by atoms with Gasteiger partial charge in [-0.1, -0.05) is 18.2 Å². The van der Waals surface area contributed by atoms with Crippen molar-refractivity contribution in [1.82, 2.24) is 10.2 Å². The lowest BCUT2D eigenvalue weighted by Crippen LogP contribution is -2.61. The summed E-state index contributed by atoms with van der Waals surface area (Å²) in [4.78, 5) is 15.6. The zero-order valence-electron chi connectivity index (χ0n) is 18.9. The predicted molar refractivity (Wildman–Crippen MR) is 118 cm³/mol. The van der Waals surface area contributed by atoms with Gasteiger partial charge in [-0.05, 0) is 62.1 Å². The minimum absolute atomic E-state index is 0.159. The molecule has 2 aromatic rings. The van der Waals surface area contributed by atoms with E-state index in [-0.39, 0.29) is 29.6 Å². The molecule has 0 aromatic heterocycles. The number of hydrogen-bond donors (Lipinski definition) is 1. The number of likely N-dealkylation sites (tertiary alicyclic amines) is 1. The summed E-state index contributed by atoms with van der Waals surface area (Å²) in [5.41, 5.74) is -0.902. The second kappa shape index (κ2) is 9.92. The molecule has 2 saturated heterocycles. The maximum absolute atomic E-state index is 13.6. The number of nitrogens with one attached hydrogen (secondary N) is 1. The Labute approximate surface area is 196 Å². The Hall–Kier alpha value is -2.65. The molecule has 0 bridgehead atoms. The summed E-state index contributed by atoms with van der Waals surface area (Å²) in [6.07, 6.45) is -3.21. The van der Waals surface area contributed by atoms with Crippen molar-refractivity contribution in [3.8, 4) is 5.75 Å². The Balaban J connectivity index is 1.46. The number of halogens is 4. The number of carbonyl (C=O) groups excluding carboxylic acids is 1. The van der Waals surface area contributed by atoms with Crippen molar-refractivity contribution in [2.45, 2.75) is 50.0 Å². The molecular weight excluding hydrogens is 452 g/mol. The number of amides is 1. The number of rotatable bonds is 6. The first kappa shape index (κ1) is 24.5. The minimum atomic E-state index is -4.44. The van der Waals surface area contributed by atoms with Gasteiger partial charge in [0.25, 0.3) is 0 Å². The second-order valence-electron chi connectivity index (χ2n) is 8.89. The van der Waals surface area contributed by atoms with Crippen molar-refractivity contribution in [3.63, 3.8) is 0 Å². The van der Waals surface area contributed by atoms with Crippen molar-refractivity contribution in [2.24, 2.45) is 0 Å². The van der Waals surface area contributed by atoms with E-state index >= 15 is 0 Å². The van der Waals surface area contributed by atoms with Crippen LogP contribution in [0.2, 0.25) is 0 Å². The molecule has 2 aliphatic heterocycles. The van der Waals surface area contributed by atoms with Gasteiger partial charge in [-0.2, -0.15) is 13.2 Å². The lowest BCUT2D eigenvalue weighted by molar-refractivity contribution is -0.141. The molecule has 1 N–H and O–H groups in total. The summed E-state index contributed by atoms with van der Waals surface area (Å²) in [6.45, 7) is 3.65. The Morgan fingerprint density at radius 2 is 1.91 bits per heavy atom. The van der Waals surface area contributed by atoms with Gasteiger partial charge in [-0.3, -0.25) is 9.69 Å². The first-order valence-corrected chi connectivity index (χ1v) is 11.4. The first-order valence-electron chi connectivity index (χ1n) is 11.4. The highest BCUT2D eigenvalue weighted by molar-refractivity contribution is 5.87. The van der Waals surface area contributed by atoms with Gasteiger partial charge in [-0.25, -0.2) is 4.39 Å². The number of alkyl halides is 3. The van der Waals surface area contributed by atoms with Crippen LogP contribution >= 0.6 is 0 Å². The molecule has 5 nitrogen and oxygen atoms in total. The van der Waals surface area contributed by atoms with Crippen molar-refractivity contribution < 1.29 is 31.8 Å². The van der Waals surface area contributed by atoms with E-state index in [9.17, 15) is 22.4 Å². The molecule has 4 rings (SSSR count). The molecule has 2 aliphatic rings. The highest BCUT2D eigenvalue weighted by Crippen LogP contribution is 2.35. The molecule has 2 fully saturated rings. The maximum atomic E-state index is 13.6. The summed E-state index contributed by atoms with van der Waals surface area (Å²) < 4.78 is 64.1. The second-order valence-corrected chi connectivity index (χ2v) is 8.89. The lowest BCUT2D eigenvalue weighted by atomic mass is 9.86. The van der Waals surface area contributed by atoms with Crippen LogP contribution in [0.15, 0.2) is 48.5 Å². The quantitative estimate of drug-likeness (QED) is 0.608. The van der Waals surface area contributed by atoms with Gasteiger partial charge in [0.15, 0.2) is 0 Å². The van der Waals surface area contributed by atoms with Gasteiger partial charge < -0.3 is 14.8 Å². The van der Waals surface area contributed by atoms with Gasteiger partial charge in [0.05, 0.1) is 11.6 Å². The van der Waals surface area contributed by atoms with Gasteiger partial charge in [-0.15, -0.1) is 0 Å². The minimum Gasteiger partial charge on any atom is -0.489 e. The number of benzene rings is 2. The van der Waals surface area contributed by atoms with E-state index < -0.39 is 17.3 Å². The third-order valence-electron chi connectivity index (χ3n) is 6.65. The number of nitrogens with zero attached hydrogens (tertiary/aromatic N) is 1. The number of carbonyl (C=O) groups is 1. The van der Waals surface area contributed by atoms with Crippen LogP contribution < -0.4 is 10.1 Å². The Morgan fingerprint density at radius 1 is 1.18 bits per heavy atom. The van der Waals surface area contributed by atoms with Crippen LogP contribution in [0.3, 0.4) is 0 Å². The molecule has 1 amide bonds. The largest absolute Gasteiger partial charge is 0.489 e. The first-order chi connectivity index (χ1) is 16.2. The Morgan fingerprint density at radius 3 is 2.62 bits per heavy atom. The number of ether oxygens (including phenoxy) is 2. The fourth-order valence-electron chi connectivity index (χ4n) is 4.74. The van der Waals surface area contributed by atoms with Crippen LogP contribution in [0.4, 0.5) is 17.6 Å². The molecule has 2 aromatic carbocycles. The van der Waals surface area contributed by atoms with E-state index in [1.807, 2.05) is 6.92 Å². The zero-order valence-corrected chi connectivity index (χ0v) is 18.9. The van der Waals surface area contributed by atoms with Crippen LogP contribution in [0.5, 0.6) is 5.75 Å². The third kappa shape index (κ3) is 5.36. The zero-order chi connectivity index (χ0) is 24.3. The van der Waals surface area contributed by atoms with E-state index in [2.05, 4.69) is 10.2 Å². The smallest absolute Gasteiger partial charge is 0.416 e. The average Bonchev–Trinajstić information content (AvgIpc) is 3.28. The van der Waals surface area contributed by atoms with Crippen LogP contribution in [0.1, 0.15) is 43.4 Å². The molecule has 0 aliphatic carbocycles. The van der Waals surface area contributed by atoms with Crippen molar-refractivity contribution in [2.75, 3.05) is 26.3 Å². The predicted octanol–water partition coefficient (Wildman–Crippen LogP) is 4.72. The molecule has 2 heterocycles. The maximum Gasteiger partial charge on any atom is 0.416 e. The van der Waals surface area contributed by atoms with Gasteiger partial charge in [0.2, 0.25) is 5.91 Å². The molecular formula is C25H28F4N2O3. The average molecular weight is 481 g/mol. The van der Waals surface area contributed by atoms with E-state index in [4.69, 9.17) is 9.47 Å². The van der Waals surface area contributed by atoms with E-state index in [1.165, 1.54) is 24.3 Å². The molecule has 0 saturated carbocycles. The molecule has 0 unspecified atom stereocenters. The van der Waals surface area contributed by atoms with Crippen molar-refractivity contribution in [3.05, 3.63) is 65.5 Å². The van der Waals surface area contributed by atoms with Crippen molar-refractivity contribution in [1.29, 1.82) is 0 Å². The standard InChI is InChI=1S/C25H28F4N2O3/c1-17(18-4-2-6-20(26)14-18)30-23(32)24(9-12-33-13-10-24)31-11-8-22(16-31)34-21-7-3-5-19(15-21)25(27,28)29/h2-7,14-15,17,22H,8-13,16H2,1H3,(H,30,32)/t17-,22+/m0/s1. The van der Waals surface area contributed by atoms with Crippen LogP contribution in [-0.4, -0.2) is 48.8 Å². The highest BCUT2D eigenvalue weighted by Gasteiger charge is 2.48. The molecule has 184 valence electrons. The normalized spacial score (nSPS) is 21.7. The van der Waals surface area contributed by atoms with Crippen LogP contribution in [0, 0.1) is 5.82 Å². The van der Waals surface area contributed by atoms with E-state index in [1.54, 1.807) is 12.1 Å². The summed E-state index contributed by atoms with van der Waals surface area (Å²) >= 11 is 0. The molecule has 9 heteroatoms. The van der Waals surface area contributed by atoms with Crippen LogP contribution in [0.25, 0.3) is 0 Å². The Kier molecular flexibility index (Phi) is 7.14. The topological polar surface area (TPSA) is 50.8 Å². The molecule has 34 heavy (non-hydrogen) atoms. The monoisotopic (exact) mass is 480 g/mol. The van der Waals surface area contributed by atoms with E-state index in [0.717, 1.165) is 12.1 Å². The summed E-state index contributed by atoms with van der Waals surface area (Å²) in [6, 6.07) is 10.6. The lowest BCUT2D eigenvalue weighted by Gasteiger charge is -2.43. The molecule has 2 atom stereocenters. The molecule has 0 spiro atoms. The Bertz CT molecular complexity index is 1010.